The third-order valence-electron chi connectivity index (χ3n) is 5.69. The van der Waals surface area contributed by atoms with Crippen LogP contribution in [0.5, 0.6) is 11.5 Å². The van der Waals surface area contributed by atoms with E-state index < -0.39 is 17.6 Å². The number of amides is 1. The molecule has 2 heterocycles. The molecule has 5 nitrogen and oxygen atoms in total. The van der Waals surface area contributed by atoms with E-state index in [-0.39, 0.29) is 30.9 Å². The molecular weight excluding hydrogens is 452 g/mol. The smallest absolute Gasteiger partial charge is 0.416 e. The first-order valence-electron chi connectivity index (χ1n) is 10.2. The van der Waals surface area contributed by atoms with Gasteiger partial charge in [0.1, 0.15) is 5.82 Å². The number of alkyl halides is 3. The minimum Gasteiger partial charge on any atom is -0.454 e. The summed E-state index contributed by atoms with van der Waals surface area (Å²) >= 11 is 6.27. The second kappa shape index (κ2) is 9.15. The van der Waals surface area contributed by atoms with Gasteiger partial charge in [-0.05, 0) is 43.1 Å². The minimum absolute atomic E-state index is 0.0541. The monoisotopic (exact) mass is 472 g/mol. The summed E-state index contributed by atoms with van der Waals surface area (Å²) in [6.45, 7) is 1.17. The molecule has 0 unspecified atom stereocenters. The molecule has 1 amide bonds. The van der Waals surface area contributed by atoms with E-state index in [2.05, 4.69) is 5.32 Å². The van der Waals surface area contributed by atoms with E-state index in [9.17, 15) is 22.4 Å². The van der Waals surface area contributed by atoms with Gasteiger partial charge in [0.25, 0.3) is 0 Å². The van der Waals surface area contributed by atoms with Crippen molar-refractivity contribution in [2.24, 2.45) is 0 Å². The molecule has 1 fully saturated rings. The van der Waals surface area contributed by atoms with Crippen LogP contribution in [0.2, 0.25) is 5.02 Å². The summed E-state index contributed by atoms with van der Waals surface area (Å²) in [6, 6.07) is 5.81. The second-order valence-electron chi connectivity index (χ2n) is 7.78. The van der Waals surface area contributed by atoms with Crippen LogP contribution in [-0.2, 0) is 24.1 Å². The SMILES string of the molecule is O=C1CC[C@@H](CCNCc2cc3c(cc2Cl)OCO3)N1Cc1ccc(C(F)(F)F)cc1F. The predicted molar refractivity (Wildman–Crippen MR) is 109 cm³/mol. The predicted octanol–water partition coefficient (Wildman–Crippen LogP) is 4.90. The molecule has 0 bridgehead atoms. The minimum atomic E-state index is -4.61. The molecule has 4 rings (SSSR count). The third kappa shape index (κ3) is 4.94. The average Bonchev–Trinajstić information content (AvgIpc) is 3.32. The Bertz CT molecular complexity index is 1020. The molecule has 0 spiro atoms. The molecule has 0 saturated carbocycles. The first-order valence-corrected chi connectivity index (χ1v) is 10.5. The third-order valence-corrected chi connectivity index (χ3v) is 6.04. The van der Waals surface area contributed by atoms with Crippen LogP contribution in [0.1, 0.15) is 36.0 Å². The van der Waals surface area contributed by atoms with Crippen LogP contribution >= 0.6 is 11.6 Å². The maximum Gasteiger partial charge on any atom is 0.416 e. The van der Waals surface area contributed by atoms with Crippen molar-refractivity contribution in [3.63, 3.8) is 0 Å². The molecule has 0 aliphatic carbocycles. The van der Waals surface area contributed by atoms with Gasteiger partial charge in [-0.3, -0.25) is 4.79 Å². The number of nitrogens with one attached hydrogen (secondary N) is 1. The first kappa shape index (κ1) is 22.7. The number of benzene rings is 2. The lowest BCUT2D eigenvalue weighted by atomic mass is 10.1. The number of fused-ring (bicyclic) bond motifs is 1. The standard InChI is InChI=1S/C22H21ClF4N2O3/c23-17-9-20-19(31-12-32-20)7-14(17)10-28-6-5-16-3-4-21(30)29(16)11-13-1-2-15(8-18(13)24)22(25,26)27/h1-2,7-9,16,28H,3-6,10-12H2/t16-/m0/s1. The van der Waals surface area contributed by atoms with Gasteiger partial charge in [-0.1, -0.05) is 17.7 Å². The zero-order valence-electron chi connectivity index (χ0n) is 17.0. The largest absolute Gasteiger partial charge is 0.454 e. The Hall–Kier alpha value is -2.52. The molecule has 172 valence electrons. The van der Waals surface area contributed by atoms with E-state index in [1.54, 1.807) is 11.0 Å². The fraction of sp³-hybridized carbons (Fsp3) is 0.409. The topological polar surface area (TPSA) is 50.8 Å². The summed E-state index contributed by atoms with van der Waals surface area (Å²) < 4.78 is 63.1. The number of ether oxygens (including phenoxy) is 2. The van der Waals surface area contributed by atoms with E-state index >= 15 is 0 Å². The molecule has 0 aromatic heterocycles. The van der Waals surface area contributed by atoms with Gasteiger partial charge in [0.2, 0.25) is 12.7 Å². The van der Waals surface area contributed by atoms with Crippen LogP contribution < -0.4 is 14.8 Å². The summed E-state index contributed by atoms with van der Waals surface area (Å²) in [4.78, 5) is 13.8. The lowest BCUT2D eigenvalue weighted by Gasteiger charge is -2.25. The number of nitrogens with zero attached hydrogens (tertiary/aromatic N) is 1. The Morgan fingerprint density at radius 1 is 1.12 bits per heavy atom. The van der Waals surface area contributed by atoms with Crippen molar-refractivity contribution in [2.75, 3.05) is 13.3 Å². The number of hydrogen-bond acceptors (Lipinski definition) is 4. The second-order valence-corrected chi connectivity index (χ2v) is 8.19. The van der Waals surface area contributed by atoms with Crippen LogP contribution in [0.15, 0.2) is 30.3 Å². The van der Waals surface area contributed by atoms with Crippen molar-refractivity contribution in [1.29, 1.82) is 0 Å². The number of carbonyl (C=O) groups is 1. The zero-order chi connectivity index (χ0) is 22.9. The Kier molecular flexibility index (Phi) is 6.48. The van der Waals surface area contributed by atoms with Crippen LogP contribution in [0.3, 0.4) is 0 Å². The molecule has 2 aliphatic rings. The Morgan fingerprint density at radius 3 is 2.59 bits per heavy atom. The van der Waals surface area contributed by atoms with Gasteiger partial charge in [0.05, 0.1) is 5.56 Å². The van der Waals surface area contributed by atoms with E-state index in [1.807, 2.05) is 6.07 Å². The van der Waals surface area contributed by atoms with Crippen molar-refractivity contribution in [1.82, 2.24) is 10.2 Å². The van der Waals surface area contributed by atoms with E-state index in [4.69, 9.17) is 21.1 Å². The van der Waals surface area contributed by atoms with E-state index in [1.165, 1.54) is 0 Å². The summed E-state index contributed by atoms with van der Waals surface area (Å²) in [5.74, 6) is 0.147. The fourth-order valence-corrected chi connectivity index (χ4v) is 4.15. The van der Waals surface area contributed by atoms with Crippen LogP contribution in [-0.4, -0.2) is 30.2 Å². The highest BCUT2D eigenvalue weighted by atomic mass is 35.5. The number of halogens is 5. The van der Waals surface area contributed by atoms with Crippen molar-refractivity contribution in [3.8, 4) is 11.5 Å². The lowest BCUT2D eigenvalue weighted by molar-refractivity contribution is -0.138. The number of hydrogen-bond donors (Lipinski definition) is 1. The summed E-state index contributed by atoms with van der Waals surface area (Å²) in [5.41, 5.74) is -0.130. The molecular formula is C22H21ClF4N2O3. The number of carbonyl (C=O) groups excluding carboxylic acids is 1. The maximum atomic E-state index is 14.2. The van der Waals surface area contributed by atoms with E-state index in [0.29, 0.717) is 54.9 Å². The molecule has 1 N–H and O–H groups in total. The Balaban J connectivity index is 1.33. The van der Waals surface area contributed by atoms with Gasteiger partial charge >= 0.3 is 6.18 Å². The highest BCUT2D eigenvalue weighted by molar-refractivity contribution is 6.31. The molecule has 2 aromatic carbocycles. The van der Waals surface area contributed by atoms with Gasteiger partial charge in [-0.25, -0.2) is 4.39 Å². The van der Waals surface area contributed by atoms with Gasteiger partial charge < -0.3 is 19.7 Å². The van der Waals surface area contributed by atoms with Gasteiger partial charge in [-0.2, -0.15) is 13.2 Å². The van der Waals surface area contributed by atoms with Gasteiger partial charge in [0, 0.05) is 42.2 Å². The summed E-state index contributed by atoms with van der Waals surface area (Å²) in [7, 11) is 0. The van der Waals surface area contributed by atoms with Crippen LogP contribution in [0, 0.1) is 5.82 Å². The maximum absolute atomic E-state index is 14.2. The van der Waals surface area contributed by atoms with Crippen molar-refractivity contribution < 1.29 is 31.8 Å². The average molecular weight is 473 g/mol. The van der Waals surface area contributed by atoms with Crippen LogP contribution in [0.4, 0.5) is 17.6 Å². The van der Waals surface area contributed by atoms with Crippen molar-refractivity contribution in [3.05, 3.63) is 57.9 Å². The molecule has 1 atom stereocenters. The van der Waals surface area contributed by atoms with Crippen molar-refractivity contribution >= 4 is 17.5 Å². The normalized spacial score (nSPS) is 18.0. The Labute approximate surface area is 187 Å². The zero-order valence-corrected chi connectivity index (χ0v) is 17.7. The highest BCUT2D eigenvalue weighted by Gasteiger charge is 2.33. The molecule has 0 radical (unpaired) electrons. The number of likely N-dealkylation sites (tertiary alicyclic amines) is 1. The van der Waals surface area contributed by atoms with E-state index in [0.717, 1.165) is 17.7 Å². The lowest BCUT2D eigenvalue weighted by Crippen LogP contribution is -2.35. The summed E-state index contributed by atoms with van der Waals surface area (Å²) in [6.07, 6.45) is -3.04. The molecule has 1 saturated heterocycles. The van der Waals surface area contributed by atoms with Crippen LogP contribution in [0.25, 0.3) is 0 Å². The van der Waals surface area contributed by atoms with Crippen molar-refractivity contribution in [2.45, 2.75) is 44.6 Å². The quantitative estimate of drug-likeness (QED) is 0.460. The fourth-order valence-electron chi connectivity index (χ4n) is 3.93. The first-order chi connectivity index (χ1) is 15.2. The summed E-state index contributed by atoms with van der Waals surface area (Å²) in [5, 5.41) is 3.83. The Morgan fingerprint density at radius 2 is 1.88 bits per heavy atom. The molecule has 2 aliphatic heterocycles. The number of rotatable bonds is 7. The molecule has 32 heavy (non-hydrogen) atoms. The molecule has 10 heteroatoms. The van der Waals surface area contributed by atoms with Gasteiger partial charge in [0.15, 0.2) is 11.5 Å². The molecule has 2 aromatic rings. The van der Waals surface area contributed by atoms with Gasteiger partial charge in [-0.15, -0.1) is 0 Å². The highest BCUT2D eigenvalue weighted by Crippen LogP contribution is 2.37.